The Balaban J connectivity index is 2.39. The van der Waals surface area contributed by atoms with E-state index in [1.807, 2.05) is 9.13 Å². The van der Waals surface area contributed by atoms with Gasteiger partial charge in [0.1, 0.15) is 12.6 Å². The van der Waals surface area contributed by atoms with Crippen molar-refractivity contribution in [2.45, 2.75) is 19.2 Å². The number of imidazole rings is 1. The molecule has 6 heteroatoms. The topological polar surface area (TPSA) is 80.8 Å². The van der Waals surface area contributed by atoms with Crippen LogP contribution in [0, 0.1) is 0 Å². The number of nitrogen functional groups attached to an aromatic ring is 1. The maximum atomic E-state index is 9.57. The fourth-order valence-electron chi connectivity index (χ4n) is 1.88. The molecule has 1 aliphatic heterocycles. The second-order valence-electron chi connectivity index (χ2n) is 3.51. The van der Waals surface area contributed by atoms with E-state index in [1.54, 1.807) is 12.7 Å². The van der Waals surface area contributed by atoms with Crippen molar-refractivity contribution in [3.8, 4) is 0 Å². The molecule has 0 amide bonds. The van der Waals surface area contributed by atoms with E-state index in [9.17, 15) is 5.11 Å². The third-order valence-electron chi connectivity index (χ3n) is 2.48. The van der Waals surface area contributed by atoms with Crippen molar-refractivity contribution in [1.29, 1.82) is 0 Å². The summed E-state index contributed by atoms with van der Waals surface area (Å²) in [4.78, 5) is 8.18. The Morgan fingerprint density at radius 3 is 3.29 bits per heavy atom. The number of aliphatic hydroxyl groups is 1. The van der Waals surface area contributed by atoms with Gasteiger partial charge < -0.3 is 10.8 Å². The Morgan fingerprint density at radius 2 is 2.43 bits per heavy atom. The number of rotatable bonds is 0. The number of hydrogen-bond acceptors (Lipinski definition) is 4. The lowest BCUT2D eigenvalue weighted by atomic mass is 10.3. The monoisotopic (exact) mass is 192 g/mol. The van der Waals surface area contributed by atoms with Gasteiger partial charge in [-0.3, -0.25) is 0 Å². The molecule has 72 valence electrons. The molecule has 1 unspecified atom stereocenters. The predicted molar refractivity (Wildman–Crippen MR) is 48.1 cm³/mol. The zero-order chi connectivity index (χ0) is 9.71. The van der Waals surface area contributed by atoms with Gasteiger partial charge >= 0.3 is 0 Å². The van der Waals surface area contributed by atoms with E-state index < -0.39 is 0 Å². The van der Waals surface area contributed by atoms with Crippen molar-refractivity contribution in [1.82, 2.24) is 14.5 Å². The highest BCUT2D eigenvalue weighted by molar-refractivity contribution is 5.78. The molecule has 0 bridgehead atoms. The normalized spacial score (nSPS) is 20.2. The van der Waals surface area contributed by atoms with Crippen LogP contribution in [0.15, 0.2) is 12.7 Å². The molecule has 2 aromatic heterocycles. The van der Waals surface area contributed by atoms with Gasteiger partial charge in [-0.2, -0.15) is 0 Å². The van der Waals surface area contributed by atoms with E-state index in [0.717, 1.165) is 5.65 Å². The quantitative estimate of drug-likeness (QED) is 0.507. The summed E-state index contributed by atoms with van der Waals surface area (Å²) < 4.78 is 3.76. The van der Waals surface area contributed by atoms with E-state index in [-0.39, 0.29) is 6.10 Å². The zero-order valence-corrected chi connectivity index (χ0v) is 7.46. The van der Waals surface area contributed by atoms with Gasteiger partial charge in [-0.25, -0.2) is 14.1 Å². The van der Waals surface area contributed by atoms with E-state index in [0.29, 0.717) is 24.4 Å². The summed E-state index contributed by atoms with van der Waals surface area (Å²) in [7, 11) is 0. The molecule has 3 rings (SSSR count). The highest BCUT2D eigenvalue weighted by atomic mass is 16.3. The highest BCUT2D eigenvalue weighted by Crippen LogP contribution is 2.16. The molecule has 0 fully saturated rings. The van der Waals surface area contributed by atoms with Crippen molar-refractivity contribution in [3.63, 3.8) is 0 Å². The molecular weight excluding hydrogens is 182 g/mol. The Kier molecular flexibility index (Phi) is 1.33. The van der Waals surface area contributed by atoms with Crippen molar-refractivity contribution < 1.29 is 9.67 Å². The average molecular weight is 192 g/mol. The van der Waals surface area contributed by atoms with Crippen LogP contribution in [-0.4, -0.2) is 25.7 Å². The lowest BCUT2D eigenvalue weighted by Crippen LogP contribution is -2.47. The van der Waals surface area contributed by atoms with Gasteiger partial charge in [0, 0.05) is 0 Å². The van der Waals surface area contributed by atoms with Gasteiger partial charge in [-0.05, 0) is 0 Å². The van der Waals surface area contributed by atoms with E-state index in [4.69, 9.17) is 5.73 Å². The van der Waals surface area contributed by atoms with Gasteiger partial charge in [0.25, 0.3) is 5.65 Å². The first-order valence-corrected chi connectivity index (χ1v) is 4.42. The Bertz CT molecular complexity index is 506. The van der Waals surface area contributed by atoms with Crippen LogP contribution >= 0.6 is 0 Å². The first-order chi connectivity index (χ1) is 6.75. The first kappa shape index (κ1) is 7.69. The molecule has 6 nitrogen and oxygen atoms in total. The SMILES string of the molecule is Nc1nc[n+]2c3c1ncn3CC(O)C2. The van der Waals surface area contributed by atoms with Gasteiger partial charge in [-0.1, -0.05) is 4.98 Å². The van der Waals surface area contributed by atoms with Crippen molar-refractivity contribution in [2.75, 3.05) is 5.73 Å². The maximum Gasteiger partial charge on any atom is 0.261 e. The number of nitrogens with zero attached hydrogens (tertiary/aromatic N) is 4. The molecule has 14 heavy (non-hydrogen) atoms. The summed E-state index contributed by atoms with van der Waals surface area (Å²) in [5, 5.41) is 9.57. The molecule has 1 atom stereocenters. The van der Waals surface area contributed by atoms with E-state index in [2.05, 4.69) is 9.97 Å². The second kappa shape index (κ2) is 2.42. The van der Waals surface area contributed by atoms with Crippen LogP contribution in [0.5, 0.6) is 0 Å². The standard InChI is InChI=1S/C8H9N5O/c9-7-6-8-12(3-10-6)1-5(14)2-13(8)4-11-7/h3-5,9,14H,1-2H2/p+1. The maximum absolute atomic E-state index is 9.57. The smallest absolute Gasteiger partial charge is 0.261 e. The molecule has 3 heterocycles. The number of nitrogens with two attached hydrogens (primary N) is 1. The lowest BCUT2D eigenvalue weighted by Gasteiger charge is -2.15. The molecule has 0 aliphatic carbocycles. The van der Waals surface area contributed by atoms with Crippen molar-refractivity contribution in [2.24, 2.45) is 0 Å². The predicted octanol–water partition coefficient (Wildman–Crippen LogP) is -1.32. The molecule has 1 aliphatic rings. The largest absolute Gasteiger partial charge is 0.386 e. The molecule has 3 N–H and O–H groups in total. The molecule has 0 saturated heterocycles. The molecule has 0 radical (unpaired) electrons. The lowest BCUT2D eigenvalue weighted by molar-refractivity contribution is -0.688. The van der Waals surface area contributed by atoms with Crippen molar-refractivity contribution in [3.05, 3.63) is 12.7 Å². The number of hydrogen-bond donors (Lipinski definition) is 2. The van der Waals surface area contributed by atoms with Gasteiger partial charge in [-0.15, -0.1) is 0 Å². The van der Waals surface area contributed by atoms with E-state index >= 15 is 0 Å². The summed E-state index contributed by atoms with van der Waals surface area (Å²) in [6.45, 7) is 1.12. The number of aliphatic hydroxyl groups excluding tert-OH is 1. The minimum atomic E-state index is -0.379. The summed E-state index contributed by atoms with van der Waals surface area (Å²) in [6, 6.07) is 0. The molecule has 0 aromatic carbocycles. The Hall–Kier alpha value is -1.69. The van der Waals surface area contributed by atoms with Crippen LogP contribution in [0.1, 0.15) is 0 Å². The highest BCUT2D eigenvalue weighted by Gasteiger charge is 2.26. The first-order valence-electron chi connectivity index (χ1n) is 4.42. The zero-order valence-electron chi connectivity index (χ0n) is 7.46. The summed E-state index contributed by atoms with van der Waals surface area (Å²) in [5.74, 6) is 0.436. The van der Waals surface area contributed by atoms with Crippen molar-refractivity contribution >= 4 is 17.0 Å². The fraction of sp³-hybridized carbons (Fsp3) is 0.375. The molecule has 2 aromatic rings. The Labute approximate surface area is 79.6 Å². The summed E-state index contributed by atoms with van der Waals surface area (Å²) >= 11 is 0. The summed E-state index contributed by atoms with van der Waals surface area (Å²) in [6.07, 6.45) is 2.94. The minimum absolute atomic E-state index is 0.379. The van der Waals surface area contributed by atoms with Gasteiger partial charge in [0.2, 0.25) is 12.1 Å². The Morgan fingerprint density at radius 1 is 1.57 bits per heavy atom. The number of anilines is 1. The third-order valence-corrected chi connectivity index (χ3v) is 2.48. The van der Waals surface area contributed by atoms with Crippen LogP contribution in [0.4, 0.5) is 5.82 Å². The van der Waals surface area contributed by atoms with Gasteiger partial charge in [0.15, 0.2) is 11.8 Å². The molecular formula is C8H10N5O+. The molecule has 0 saturated carbocycles. The second-order valence-corrected chi connectivity index (χ2v) is 3.51. The average Bonchev–Trinajstić information content (AvgIpc) is 2.56. The minimum Gasteiger partial charge on any atom is -0.386 e. The molecule has 0 spiro atoms. The van der Waals surface area contributed by atoms with Crippen LogP contribution in [0.3, 0.4) is 0 Å². The fourth-order valence-corrected chi connectivity index (χ4v) is 1.88. The van der Waals surface area contributed by atoms with Crippen LogP contribution < -0.4 is 10.3 Å². The summed E-state index contributed by atoms with van der Waals surface area (Å²) in [5.41, 5.74) is 7.33. The number of aromatic nitrogens is 4. The van der Waals surface area contributed by atoms with Crippen LogP contribution in [-0.2, 0) is 13.1 Å². The third kappa shape index (κ3) is 0.856. The van der Waals surface area contributed by atoms with Crippen LogP contribution in [0.2, 0.25) is 0 Å². The van der Waals surface area contributed by atoms with E-state index in [1.165, 1.54) is 0 Å². The van der Waals surface area contributed by atoms with Crippen LogP contribution in [0.25, 0.3) is 11.2 Å². The van der Waals surface area contributed by atoms with Gasteiger partial charge in [0.05, 0.1) is 6.54 Å².